The molecule has 1 aromatic carbocycles. The summed E-state index contributed by atoms with van der Waals surface area (Å²) in [6.45, 7) is 3.67. The summed E-state index contributed by atoms with van der Waals surface area (Å²) in [5, 5.41) is 3.02. The molecule has 6 nitrogen and oxygen atoms in total. The third-order valence-corrected chi connectivity index (χ3v) is 4.95. The van der Waals surface area contributed by atoms with Crippen molar-refractivity contribution in [3.8, 4) is 11.5 Å². The lowest BCUT2D eigenvalue weighted by atomic mass is 10.1. The molecule has 1 fully saturated rings. The van der Waals surface area contributed by atoms with E-state index in [9.17, 15) is 4.79 Å². The van der Waals surface area contributed by atoms with E-state index >= 15 is 0 Å². The number of fused-ring (bicyclic) bond motifs is 1. The lowest BCUT2D eigenvalue weighted by Gasteiger charge is -2.29. The Balaban J connectivity index is 1.45. The SMILES string of the molecule is O=C(NCc1ccc2c(c1)OCCCO2)c1cccnc1N1CCCCC1. The van der Waals surface area contributed by atoms with E-state index in [0.29, 0.717) is 25.3 Å². The van der Waals surface area contributed by atoms with Gasteiger partial charge in [0.1, 0.15) is 5.82 Å². The van der Waals surface area contributed by atoms with Gasteiger partial charge in [0, 0.05) is 32.3 Å². The highest BCUT2D eigenvalue weighted by Crippen LogP contribution is 2.30. The predicted octanol–water partition coefficient (Wildman–Crippen LogP) is 3.16. The van der Waals surface area contributed by atoms with E-state index in [1.807, 2.05) is 30.3 Å². The van der Waals surface area contributed by atoms with Crippen molar-refractivity contribution >= 4 is 11.7 Å². The van der Waals surface area contributed by atoms with Crippen molar-refractivity contribution in [2.75, 3.05) is 31.2 Å². The van der Waals surface area contributed by atoms with Crippen molar-refractivity contribution in [2.24, 2.45) is 0 Å². The van der Waals surface area contributed by atoms with Gasteiger partial charge in [-0.2, -0.15) is 0 Å². The van der Waals surface area contributed by atoms with Crippen LogP contribution in [0.2, 0.25) is 0 Å². The van der Waals surface area contributed by atoms with Crippen molar-refractivity contribution in [3.63, 3.8) is 0 Å². The van der Waals surface area contributed by atoms with Gasteiger partial charge in [-0.25, -0.2) is 4.98 Å². The van der Waals surface area contributed by atoms with Gasteiger partial charge in [-0.3, -0.25) is 4.79 Å². The number of rotatable bonds is 4. The average Bonchev–Trinajstić information content (AvgIpc) is 2.97. The Morgan fingerprint density at radius 2 is 1.85 bits per heavy atom. The minimum Gasteiger partial charge on any atom is -0.490 e. The molecule has 4 rings (SSSR count). The maximum absolute atomic E-state index is 12.8. The van der Waals surface area contributed by atoms with Crippen LogP contribution in [0.15, 0.2) is 36.5 Å². The molecule has 0 atom stereocenters. The maximum atomic E-state index is 12.8. The van der Waals surface area contributed by atoms with Crippen molar-refractivity contribution < 1.29 is 14.3 Å². The third-order valence-electron chi connectivity index (χ3n) is 4.95. The van der Waals surface area contributed by atoms with Gasteiger partial charge in [0.05, 0.1) is 18.8 Å². The summed E-state index contributed by atoms with van der Waals surface area (Å²) in [4.78, 5) is 19.5. The van der Waals surface area contributed by atoms with Gasteiger partial charge in [-0.05, 0) is 49.1 Å². The minimum absolute atomic E-state index is 0.101. The summed E-state index contributed by atoms with van der Waals surface area (Å²) in [7, 11) is 0. The summed E-state index contributed by atoms with van der Waals surface area (Å²) in [6.07, 6.45) is 6.17. The number of carbonyl (C=O) groups excluding carboxylic acids is 1. The fraction of sp³-hybridized carbons (Fsp3) is 0.429. The van der Waals surface area contributed by atoms with Crippen LogP contribution >= 0.6 is 0 Å². The Bertz CT molecular complexity index is 803. The number of nitrogens with one attached hydrogen (secondary N) is 1. The van der Waals surface area contributed by atoms with E-state index in [0.717, 1.165) is 55.2 Å². The first-order chi connectivity index (χ1) is 13.3. The topological polar surface area (TPSA) is 63.7 Å². The lowest BCUT2D eigenvalue weighted by molar-refractivity contribution is 0.0951. The molecule has 1 amide bonds. The molecule has 2 aliphatic heterocycles. The number of pyridine rings is 1. The Morgan fingerprint density at radius 1 is 1.04 bits per heavy atom. The maximum Gasteiger partial charge on any atom is 0.255 e. The molecular formula is C21H25N3O3. The second kappa shape index (κ2) is 8.29. The zero-order valence-corrected chi connectivity index (χ0v) is 15.4. The second-order valence-corrected chi connectivity index (χ2v) is 6.94. The van der Waals surface area contributed by atoms with E-state index in [4.69, 9.17) is 9.47 Å². The molecule has 0 spiro atoms. The molecule has 2 aromatic rings. The highest BCUT2D eigenvalue weighted by Gasteiger charge is 2.19. The van der Waals surface area contributed by atoms with Crippen LogP contribution in [0.25, 0.3) is 0 Å². The number of carbonyl (C=O) groups is 1. The minimum atomic E-state index is -0.101. The first-order valence-electron chi connectivity index (χ1n) is 9.68. The molecule has 0 radical (unpaired) electrons. The monoisotopic (exact) mass is 367 g/mol. The Hall–Kier alpha value is -2.76. The van der Waals surface area contributed by atoms with Crippen LogP contribution in [0.1, 0.15) is 41.6 Å². The highest BCUT2D eigenvalue weighted by molar-refractivity contribution is 5.98. The summed E-state index contributed by atoms with van der Waals surface area (Å²) < 4.78 is 11.4. The summed E-state index contributed by atoms with van der Waals surface area (Å²) in [6, 6.07) is 9.47. The quantitative estimate of drug-likeness (QED) is 0.899. The van der Waals surface area contributed by atoms with Gasteiger partial charge < -0.3 is 19.7 Å². The molecule has 1 N–H and O–H groups in total. The van der Waals surface area contributed by atoms with Crippen LogP contribution < -0.4 is 19.7 Å². The fourth-order valence-electron chi connectivity index (χ4n) is 3.53. The largest absolute Gasteiger partial charge is 0.490 e. The molecular weight excluding hydrogens is 342 g/mol. The molecule has 142 valence electrons. The first kappa shape index (κ1) is 17.6. The number of hydrogen-bond acceptors (Lipinski definition) is 5. The average molecular weight is 367 g/mol. The van der Waals surface area contributed by atoms with Crippen LogP contribution in [-0.4, -0.2) is 37.2 Å². The lowest BCUT2D eigenvalue weighted by Crippen LogP contribution is -2.33. The van der Waals surface area contributed by atoms with Crippen molar-refractivity contribution in [1.82, 2.24) is 10.3 Å². The molecule has 0 saturated carbocycles. The Kier molecular flexibility index (Phi) is 5.42. The highest BCUT2D eigenvalue weighted by atomic mass is 16.5. The summed E-state index contributed by atoms with van der Waals surface area (Å²) in [5.74, 6) is 2.20. The van der Waals surface area contributed by atoms with Gasteiger partial charge >= 0.3 is 0 Å². The number of ether oxygens (including phenoxy) is 2. The van der Waals surface area contributed by atoms with Crippen LogP contribution in [0.4, 0.5) is 5.82 Å². The molecule has 1 aromatic heterocycles. The number of aromatic nitrogens is 1. The molecule has 3 heterocycles. The number of benzene rings is 1. The summed E-state index contributed by atoms with van der Waals surface area (Å²) in [5.41, 5.74) is 1.62. The number of amides is 1. The van der Waals surface area contributed by atoms with Gasteiger partial charge in [-0.1, -0.05) is 6.07 Å². The van der Waals surface area contributed by atoms with E-state index in [1.165, 1.54) is 6.42 Å². The van der Waals surface area contributed by atoms with Crippen LogP contribution in [0, 0.1) is 0 Å². The number of piperidine rings is 1. The van der Waals surface area contributed by atoms with E-state index in [-0.39, 0.29) is 5.91 Å². The van der Waals surface area contributed by atoms with Gasteiger partial charge in [0.25, 0.3) is 5.91 Å². The van der Waals surface area contributed by atoms with Crippen LogP contribution in [0.3, 0.4) is 0 Å². The van der Waals surface area contributed by atoms with E-state index in [1.54, 1.807) is 6.20 Å². The molecule has 6 heteroatoms. The van der Waals surface area contributed by atoms with Crippen LogP contribution in [-0.2, 0) is 6.54 Å². The summed E-state index contributed by atoms with van der Waals surface area (Å²) >= 11 is 0. The zero-order chi connectivity index (χ0) is 18.5. The zero-order valence-electron chi connectivity index (χ0n) is 15.4. The molecule has 2 aliphatic rings. The number of nitrogens with zero attached hydrogens (tertiary/aromatic N) is 2. The molecule has 0 unspecified atom stereocenters. The Labute approximate surface area is 159 Å². The first-order valence-corrected chi connectivity index (χ1v) is 9.68. The smallest absolute Gasteiger partial charge is 0.255 e. The molecule has 27 heavy (non-hydrogen) atoms. The number of hydrogen-bond donors (Lipinski definition) is 1. The third kappa shape index (κ3) is 4.15. The fourth-order valence-corrected chi connectivity index (χ4v) is 3.53. The second-order valence-electron chi connectivity index (χ2n) is 6.94. The van der Waals surface area contributed by atoms with Crippen molar-refractivity contribution in [3.05, 3.63) is 47.7 Å². The molecule has 0 bridgehead atoms. The van der Waals surface area contributed by atoms with E-state index < -0.39 is 0 Å². The predicted molar refractivity (Wildman–Crippen MR) is 104 cm³/mol. The van der Waals surface area contributed by atoms with Gasteiger partial charge in [0.15, 0.2) is 11.5 Å². The van der Waals surface area contributed by atoms with Crippen molar-refractivity contribution in [2.45, 2.75) is 32.2 Å². The van der Waals surface area contributed by atoms with Crippen molar-refractivity contribution in [1.29, 1.82) is 0 Å². The Morgan fingerprint density at radius 3 is 2.70 bits per heavy atom. The number of anilines is 1. The molecule has 0 aliphatic carbocycles. The van der Waals surface area contributed by atoms with Gasteiger partial charge in [0.2, 0.25) is 0 Å². The van der Waals surface area contributed by atoms with Gasteiger partial charge in [-0.15, -0.1) is 0 Å². The standard InChI is InChI=1S/C21H25N3O3/c25-21(17-6-4-9-22-20(17)24-10-2-1-3-11-24)23-15-16-7-8-18-19(14-16)27-13-5-12-26-18/h4,6-9,14H,1-3,5,10-13,15H2,(H,23,25). The molecule has 1 saturated heterocycles. The van der Waals surface area contributed by atoms with E-state index in [2.05, 4.69) is 15.2 Å². The normalized spacial score (nSPS) is 16.5. The van der Waals surface area contributed by atoms with Crippen LogP contribution in [0.5, 0.6) is 11.5 Å².